The van der Waals surface area contributed by atoms with E-state index in [1.54, 1.807) is 25.1 Å². The Morgan fingerprint density at radius 3 is 2.47 bits per heavy atom. The average Bonchev–Trinajstić information content (AvgIpc) is 2.67. The Morgan fingerprint density at radius 2 is 1.74 bits per heavy atom. The van der Waals surface area contributed by atoms with Crippen molar-refractivity contribution in [3.05, 3.63) is 47.9 Å². The van der Waals surface area contributed by atoms with Gasteiger partial charge in [-0.25, -0.2) is 4.68 Å². The summed E-state index contributed by atoms with van der Waals surface area (Å²) in [4.78, 5) is 0. The summed E-state index contributed by atoms with van der Waals surface area (Å²) in [5.74, 6) is -0.427. The minimum atomic E-state index is -0.542. The SMILES string of the molecule is Cc1cc(O)ccc1-n1nc2ccc(O)cc2c1F. The summed E-state index contributed by atoms with van der Waals surface area (Å²) in [6.07, 6.45) is 0. The molecule has 0 aliphatic rings. The van der Waals surface area contributed by atoms with Crippen LogP contribution in [0.5, 0.6) is 11.5 Å². The molecule has 0 radical (unpaired) electrons. The minimum absolute atomic E-state index is 0.00613. The molecule has 0 amide bonds. The van der Waals surface area contributed by atoms with Crippen molar-refractivity contribution in [2.24, 2.45) is 0 Å². The average molecular weight is 258 g/mol. The third-order valence-electron chi connectivity index (χ3n) is 3.00. The monoisotopic (exact) mass is 258 g/mol. The summed E-state index contributed by atoms with van der Waals surface area (Å²) in [6, 6.07) is 8.97. The maximum Gasteiger partial charge on any atom is 0.224 e. The molecule has 5 heteroatoms. The fraction of sp³-hybridized carbons (Fsp3) is 0.0714. The number of hydrogen-bond acceptors (Lipinski definition) is 3. The molecule has 3 aromatic rings. The van der Waals surface area contributed by atoms with Crippen molar-refractivity contribution in [1.29, 1.82) is 0 Å². The van der Waals surface area contributed by atoms with Crippen molar-refractivity contribution < 1.29 is 14.6 Å². The van der Waals surface area contributed by atoms with Gasteiger partial charge < -0.3 is 10.2 Å². The van der Waals surface area contributed by atoms with Crippen molar-refractivity contribution in [2.45, 2.75) is 6.92 Å². The molecule has 3 rings (SSSR count). The third-order valence-corrected chi connectivity index (χ3v) is 3.00. The zero-order valence-corrected chi connectivity index (χ0v) is 10.1. The first-order chi connectivity index (χ1) is 9.06. The highest BCUT2D eigenvalue weighted by Gasteiger charge is 2.14. The lowest BCUT2D eigenvalue weighted by molar-refractivity contribution is 0.474. The van der Waals surface area contributed by atoms with Crippen LogP contribution in [0.3, 0.4) is 0 Å². The van der Waals surface area contributed by atoms with Crippen molar-refractivity contribution in [3.63, 3.8) is 0 Å². The molecule has 1 aromatic heterocycles. The van der Waals surface area contributed by atoms with Gasteiger partial charge in [0.25, 0.3) is 0 Å². The van der Waals surface area contributed by atoms with E-state index < -0.39 is 5.95 Å². The number of aromatic nitrogens is 2. The largest absolute Gasteiger partial charge is 0.508 e. The lowest BCUT2D eigenvalue weighted by Crippen LogP contribution is -2.01. The fourth-order valence-electron chi connectivity index (χ4n) is 2.08. The number of aromatic hydroxyl groups is 2. The Kier molecular flexibility index (Phi) is 2.41. The molecule has 0 saturated heterocycles. The first-order valence-electron chi connectivity index (χ1n) is 5.73. The summed E-state index contributed by atoms with van der Waals surface area (Å²) in [6.45, 7) is 1.76. The van der Waals surface area contributed by atoms with Crippen LogP contribution in [0, 0.1) is 12.9 Å². The quantitative estimate of drug-likeness (QED) is 0.705. The Balaban J connectivity index is 2.28. The van der Waals surface area contributed by atoms with Gasteiger partial charge in [0.05, 0.1) is 16.6 Å². The highest BCUT2D eigenvalue weighted by atomic mass is 19.1. The Hall–Kier alpha value is -2.56. The maximum atomic E-state index is 14.3. The van der Waals surface area contributed by atoms with Crippen LogP contribution >= 0.6 is 0 Å². The van der Waals surface area contributed by atoms with Gasteiger partial charge in [-0.1, -0.05) is 0 Å². The molecule has 96 valence electrons. The number of benzene rings is 2. The van der Waals surface area contributed by atoms with Gasteiger partial charge in [-0.3, -0.25) is 0 Å². The number of rotatable bonds is 1. The molecule has 0 bridgehead atoms. The van der Waals surface area contributed by atoms with Gasteiger partial charge >= 0.3 is 0 Å². The molecule has 0 aliphatic heterocycles. The number of nitrogens with zero attached hydrogens (tertiary/aromatic N) is 2. The fourth-order valence-corrected chi connectivity index (χ4v) is 2.08. The number of hydrogen-bond donors (Lipinski definition) is 2. The Labute approximate surface area is 108 Å². The second kappa shape index (κ2) is 3.98. The van der Waals surface area contributed by atoms with E-state index in [1.165, 1.54) is 22.9 Å². The zero-order valence-electron chi connectivity index (χ0n) is 10.1. The van der Waals surface area contributed by atoms with Gasteiger partial charge in [-0.15, -0.1) is 0 Å². The number of phenolic OH excluding ortho intramolecular Hbond substituents is 2. The van der Waals surface area contributed by atoms with Crippen LogP contribution in [0.2, 0.25) is 0 Å². The van der Waals surface area contributed by atoms with Gasteiger partial charge in [-0.2, -0.15) is 9.49 Å². The summed E-state index contributed by atoms with van der Waals surface area (Å²) in [7, 11) is 0. The van der Waals surface area contributed by atoms with E-state index in [-0.39, 0.29) is 16.9 Å². The van der Waals surface area contributed by atoms with E-state index in [0.717, 1.165) is 0 Å². The maximum absolute atomic E-state index is 14.3. The summed E-state index contributed by atoms with van der Waals surface area (Å²) < 4.78 is 15.5. The van der Waals surface area contributed by atoms with E-state index in [2.05, 4.69) is 5.10 Å². The van der Waals surface area contributed by atoms with Crippen LogP contribution in [-0.2, 0) is 0 Å². The molecule has 4 nitrogen and oxygen atoms in total. The van der Waals surface area contributed by atoms with Crippen LogP contribution < -0.4 is 0 Å². The molecule has 0 fully saturated rings. The van der Waals surface area contributed by atoms with E-state index in [1.807, 2.05) is 0 Å². The van der Waals surface area contributed by atoms with Crippen LogP contribution in [0.25, 0.3) is 16.6 Å². The Morgan fingerprint density at radius 1 is 1.05 bits per heavy atom. The molecule has 0 saturated carbocycles. The molecule has 0 aliphatic carbocycles. The summed E-state index contributed by atoms with van der Waals surface area (Å²) in [5, 5.41) is 23.2. The van der Waals surface area contributed by atoms with E-state index in [4.69, 9.17) is 0 Å². The smallest absolute Gasteiger partial charge is 0.224 e. The van der Waals surface area contributed by atoms with Gasteiger partial charge in [-0.05, 0) is 48.9 Å². The summed E-state index contributed by atoms with van der Waals surface area (Å²) >= 11 is 0. The number of fused-ring (bicyclic) bond motifs is 1. The Bertz CT molecular complexity index is 780. The second-order valence-electron chi connectivity index (χ2n) is 4.37. The normalized spacial score (nSPS) is 11.1. The van der Waals surface area contributed by atoms with Gasteiger partial charge in [0.1, 0.15) is 11.5 Å². The van der Waals surface area contributed by atoms with Gasteiger partial charge in [0, 0.05) is 0 Å². The molecule has 2 N–H and O–H groups in total. The molecule has 2 aromatic carbocycles. The first-order valence-corrected chi connectivity index (χ1v) is 5.73. The van der Waals surface area contributed by atoms with Crippen LogP contribution in [0.4, 0.5) is 4.39 Å². The molecular weight excluding hydrogens is 247 g/mol. The third kappa shape index (κ3) is 1.79. The van der Waals surface area contributed by atoms with Crippen LogP contribution in [0.1, 0.15) is 5.56 Å². The molecule has 0 spiro atoms. The predicted molar refractivity (Wildman–Crippen MR) is 69.1 cm³/mol. The molecule has 1 heterocycles. The zero-order chi connectivity index (χ0) is 13.6. The van der Waals surface area contributed by atoms with Gasteiger partial charge in [0.15, 0.2) is 0 Å². The predicted octanol–water partition coefficient (Wildman–Crippen LogP) is 2.88. The van der Waals surface area contributed by atoms with Crippen LogP contribution in [0.15, 0.2) is 36.4 Å². The van der Waals surface area contributed by atoms with Crippen molar-refractivity contribution >= 4 is 10.9 Å². The highest BCUT2D eigenvalue weighted by molar-refractivity contribution is 5.81. The molecule has 0 atom stereocenters. The molecule has 0 unspecified atom stereocenters. The van der Waals surface area contributed by atoms with Crippen molar-refractivity contribution in [1.82, 2.24) is 9.78 Å². The first kappa shape index (κ1) is 11.5. The van der Waals surface area contributed by atoms with Crippen molar-refractivity contribution in [3.8, 4) is 17.2 Å². The number of aryl methyl sites for hydroxylation is 1. The number of phenols is 2. The van der Waals surface area contributed by atoms with E-state index >= 15 is 0 Å². The lowest BCUT2D eigenvalue weighted by atomic mass is 10.2. The van der Waals surface area contributed by atoms with Crippen molar-refractivity contribution in [2.75, 3.05) is 0 Å². The standard InChI is InChI=1S/C14H11FN2O2/c1-8-6-9(18)3-5-13(8)17-14(15)11-7-10(19)2-4-12(11)16-17/h2-7,18-19H,1H3. The topological polar surface area (TPSA) is 58.3 Å². The highest BCUT2D eigenvalue weighted by Crippen LogP contribution is 2.26. The molecule has 19 heavy (non-hydrogen) atoms. The van der Waals surface area contributed by atoms with Crippen LogP contribution in [-0.4, -0.2) is 20.0 Å². The number of halogens is 1. The summed E-state index contributed by atoms with van der Waals surface area (Å²) in [5.41, 5.74) is 1.71. The van der Waals surface area contributed by atoms with E-state index in [0.29, 0.717) is 16.8 Å². The molecular formula is C14H11FN2O2. The van der Waals surface area contributed by atoms with Gasteiger partial charge in [0.2, 0.25) is 5.95 Å². The minimum Gasteiger partial charge on any atom is -0.508 e. The van der Waals surface area contributed by atoms with E-state index in [9.17, 15) is 14.6 Å². The second-order valence-corrected chi connectivity index (χ2v) is 4.37. The lowest BCUT2D eigenvalue weighted by Gasteiger charge is -2.06.